The van der Waals surface area contributed by atoms with E-state index in [2.05, 4.69) is 4.72 Å². The van der Waals surface area contributed by atoms with Crippen LogP contribution in [0.25, 0.3) is 10.8 Å². The summed E-state index contributed by atoms with van der Waals surface area (Å²) in [4.78, 5) is 13.4. The Hall–Kier alpha value is -2.12. The number of carbonyl (C=O) groups is 1. The van der Waals surface area contributed by atoms with Gasteiger partial charge >= 0.3 is 5.97 Å². The van der Waals surface area contributed by atoms with Gasteiger partial charge in [-0.2, -0.15) is 4.72 Å². The number of sulfonamides is 1. The number of anilines is 1. The zero-order valence-corrected chi connectivity index (χ0v) is 15.7. The van der Waals surface area contributed by atoms with Crippen LogP contribution in [0.15, 0.2) is 41.3 Å². The van der Waals surface area contributed by atoms with Crippen molar-refractivity contribution in [1.29, 1.82) is 0 Å². The minimum atomic E-state index is -3.97. The lowest BCUT2D eigenvalue weighted by molar-refractivity contribution is -0.139. The van der Waals surface area contributed by atoms with Crippen LogP contribution in [0.5, 0.6) is 0 Å². The van der Waals surface area contributed by atoms with E-state index in [0.717, 1.165) is 11.1 Å². The topological polar surface area (TPSA) is 86.7 Å². The van der Waals surface area contributed by atoms with E-state index >= 15 is 0 Å². The first kappa shape index (κ1) is 19.2. The Morgan fingerprint density at radius 3 is 2.28 bits per heavy atom. The summed E-state index contributed by atoms with van der Waals surface area (Å²) in [5, 5.41) is 10.7. The monoisotopic (exact) mass is 364 g/mol. The lowest BCUT2D eigenvalue weighted by Crippen LogP contribution is -2.41. The maximum Gasteiger partial charge on any atom is 0.321 e. The Morgan fingerprint density at radius 1 is 1.12 bits per heavy atom. The first-order valence-corrected chi connectivity index (χ1v) is 9.56. The lowest BCUT2D eigenvalue weighted by Gasteiger charge is -2.19. The minimum Gasteiger partial charge on any atom is -0.480 e. The molecule has 2 rings (SSSR count). The van der Waals surface area contributed by atoms with Crippen LogP contribution in [0, 0.1) is 5.92 Å². The highest BCUT2D eigenvalue weighted by Gasteiger charge is 2.27. The molecule has 1 atom stereocenters. The molecule has 0 saturated heterocycles. The smallest absolute Gasteiger partial charge is 0.321 e. The summed E-state index contributed by atoms with van der Waals surface area (Å²) in [5.74, 6) is -1.12. The fraction of sp³-hybridized carbons (Fsp3) is 0.389. The number of hydrogen-bond donors (Lipinski definition) is 2. The van der Waals surface area contributed by atoms with Crippen molar-refractivity contribution in [3.63, 3.8) is 0 Å². The van der Waals surface area contributed by atoms with Crippen LogP contribution in [-0.4, -0.2) is 39.6 Å². The number of carboxylic acids is 1. The molecular formula is C18H24N2O4S. The quantitative estimate of drug-likeness (QED) is 0.789. The number of fused-ring (bicyclic) bond motifs is 1. The molecule has 0 aromatic heterocycles. The van der Waals surface area contributed by atoms with E-state index < -0.39 is 22.0 Å². The van der Waals surface area contributed by atoms with E-state index in [1.165, 1.54) is 6.07 Å². The second kappa shape index (κ2) is 7.41. The molecule has 0 heterocycles. The van der Waals surface area contributed by atoms with E-state index in [1.807, 2.05) is 45.0 Å². The summed E-state index contributed by atoms with van der Waals surface area (Å²) < 4.78 is 28.0. The fourth-order valence-electron chi connectivity index (χ4n) is 2.81. The van der Waals surface area contributed by atoms with Gasteiger partial charge in [0, 0.05) is 30.6 Å². The molecule has 6 nitrogen and oxygen atoms in total. The van der Waals surface area contributed by atoms with Gasteiger partial charge in [-0.25, -0.2) is 8.42 Å². The molecule has 25 heavy (non-hydrogen) atoms. The highest BCUT2D eigenvalue weighted by molar-refractivity contribution is 7.89. The fourth-order valence-corrected chi connectivity index (χ4v) is 4.23. The minimum absolute atomic E-state index is 0.0525. The third-order valence-electron chi connectivity index (χ3n) is 3.93. The number of hydrogen-bond acceptors (Lipinski definition) is 4. The SMILES string of the molecule is CC(C)C[C@H](NS(=O)(=O)c1cccc2c(N(C)C)cccc12)C(=O)O. The molecule has 136 valence electrons. The zero-order chi connectivity index (χ0) is 18.8. The number of benzene rings is 2. The second-order valence-corrected chi connectivity index (χ2v) is 8.35. The molecule has 0 fully saturated rings. The van der Waals surface area contributed by atoms with E-state index in [-0.39, 0.29) is 17.2 Å². The van der Waals surface area contributed by atoms with Gasteiger partial charge in [-0.15, -0.1) is 0 Å². The van der Waals surface area contributed by atoms with Gasteiger partial charge in [0.15, 0.2) is 0 Å². The summed E-state index contributed by atoms with van der Waals surface area (Å²) in [5.41, 5.74) is 0.895. The Morgan fingerprint density at radius 2 is 1.72 bits per heavy atom. The molecule has 0 aliphatic carbocycles. The number of nitrogens with zero attached hydrogens (tertiary/aromatic N) is 1. The van der Waals surface area contributed by atoms with Crippen LogP contribution < -0.4 is 9.62 Å². The van der Waals surface area contributed by atoms with Crippen molar-refractivity contribution in [3.05, 3.63) is 36.4 Å². The van der Waals surface area contributed by atoms with E-state index in [9.17, 15) is 18.3 Å². The van der Waals surface area contributed by atoms with E-state index in [1.54, 1.807) is 18.2 Å². The van der Waals surface area contributed by atoms with Gasteiger partial charge in [0.2, 0.25) is 10.0 Å². The van der Waals surface area contributed by atoms with Crippen molar-refractivity contribution in [1.82, 2.24) is 4.72 Å². The zero-order valence-electron chi connectivity index (χ0n) is 14.9. The van der Waals surface area contributed by atoms with Crippen molar-refractivity contribution in [2.75, 3.05) is 19.0 Å². The highest BCUT2D eigenvalue weighted by atomic mass is 32.2. The predicted octanol–water partition coefficient (Wildman–Crippen LogP) is 2.68. The van der Waals surface area contributed by atoms with Gasteiger partial charge in [0.25, 0.3) is 0 Å². The largest absolute Gasteiger partial charge is 0.480 e. The number of carboxylic acid groups (broad SMARTS) is 1. The van der Waals surface area contributed by atoms with Crippen LogP contribution in [0.2, 0.25) is 0 Å². The van der Waals surface area contributed by atoms with Crippen molar-refractivity contribution in [2.45, 2.75) is 31.2 Å². The third-order valence-corrected chi connectivity index (χ3v) is 5.46. The predicted molar refractivity (Wildman–Crippen MR) is 99.5 cm³/mol. The molecule has 2 aromatic carbocycles. The van der Waals surface area contributed by atoms with E-state index in [4.69, 9.17) is 0 Å². The average molecular weight is 364 g/mol. The van der Waals surface area contributed by atoms with Crippen LogP contribution >= 0.6 is 0 Å². The number of nitrogens with one attached hydrogen (secondary N) is 1. The van der Waals surface area contributed by atoms with Gasteiger partial charge in [-0.1, -0.05) is 38.1 Å². The van der Waals surface area contributed by atoms with Crippen LogP contribution in [0.3, 0.4) is 0 Å². The summed E-state index contributed by atoms with van der Waals surface area (Å²) in [7, 11) is -0.196. The summed E-state index contributed by atoms with van der Waals surface area (Å²) >= 11 is 0. The Bertz CT molecular complexity index is 876. The number of aliphatic carboxylic acids is 1. The number of rotatable bonds is 7. The standard InChI is InChI=1S/C18H24N2O4S/c1-12(2)11-15(18(21)22)19-25(23,24)17-10-6-7-13-14(17)8-5-9-16(13)20(3)4/h5-10,12,15,19H,11H2,1-4H3,(H,21,22)/t15-/m0/s1. The maximum atomic E-state index is 12.8. The van der Waals surface area contributed by atoms with Crippen molar-refractivity contribution >= 4 is 32.5 Å². The summed E-state index contributed by atoms with van der Waals surface area (Å²) in [6, 6.07) is 9.30. The Labute approximate surface area is 148 Å². The van der Waals surface area contributed by atoms with Gasteiger partial charge in [-0.05, 0) is 24.5 Å². The van der Waals surface area contributed by atoms with Crippen LogP contribution in [0.4, 0.5) is 5.69 Å². The Kier molecular flexibility index (Phi) is 5.69. The highest BCUT2D eigenvalue weighted by Crippen LogP contribution is 2.30. The molecule has 0 bridgehead atoms. The molecule has 0 saturated carbocycles. The first-order valence-electron chi connectivity index (χ1n) is 8.07. The Balaban J connectivity index is 2.53. The molecule has 0 aliphatic heterocycles. The first-order chi connectivity index (χ1) is 11.6. The lowest BCUT2D eigenvalue weighted by atomic mass is 10.1. The summed E-state index contributed by atoms with van der Waals surface area (Å²) in [6.07, 6.45) is 0.224. The van der Waals surface area contributed by atoms with Gasteiger partial charge in [-0.3, -0.25) is 4.79 Å². The molecule has 0 spiro atoms. The normalized spacial score (nSPS) is 13.2. The van der Waals surface area contributed by atoms with Crippen LogP contribution in [-0.2, 0) is 14.8 Å². The molecule has 0 radical (unpaired) electrons. The van der Waals surface area contributed by atoms with Crippen LogP contribution in [0.1, 0.15) is 20.3 Å². The van der Waals surface area contributed by atoms with Crippen molar-refractivity contribution < 1.29 is 18.3 Å². The van der Waals surface area contributed by atoms with Gasteiger partial charge < -0.3 is 10.0 Å². The second-order valence-electron chi connectivity index (χ2n) is 6.66. The molecule has 2 aromatic rings. The molecule has 0 unspecified atom stereocenters. The third kappa shape index (κ3) is 4.29. The average Bonchev–Trinajstić information content (AvgIpc) is 2.52. The molecule has 2 N–H and O–H groups in total. The molecule has 0 amide bonds. The van der Waals surface area contributed by atoms with Crippen molar-refractivity contribution in [2.24, 2.45) is 5.92 Å². The maximum absolute atomic E-state index is 12.8. The van der Waals surface area contributed by atoms with Gasteiger partial charge in [0.05, 0.1) is 4.90 Å². The summed E-state index contributed by atoms with van der Waals surface area (Å²) in [6.45, 7) is 3.71. The molecule has 0 aliphatic rings. The molecule has 7 heteroatoms. The molecular weight excluding hydrogens is 340 g/mol. The van der Waals surface area contributed by atoms with E-state index in [0.29, 0.717) is 5.39 Å². The van der Waals surface area contributed by atoms with Crippen molar-refractivity contribution in [3.8, 4) is 0 Å². The van der Waals surface area contributed by atoms with Gasteiger partial charge in [0.1, 0.15) is 6.04 Å².